The topological polar surface area (TPSA) is 6.25 Å². The third-order valence-corrected chi connectivity index (χ3v) is 15.6. The molecule has 0 bridgehead atoms. The van der Waals surface area contributed by atoms with Gasteiger partial charge in [-0.1, -0.05) is 108 Å². The fourth-order valence-electron chi connectivity index (χ4n) is 13.4. The largest absolute Gasteiger partial charge is 0.261 e. The lowest BCUT2D eigenvalue weighted by molar-refractivity contribution is -0.588. The molecule has 1 heterocycles. The molecule has 4 aromatic rings. The van der Waals surface area contributed by atoms with Crippen LogP contribution < -0.4 is 0 Å². The molecule has 5 aliphatic carbocycles. The number of fused-ring (bicyclic) bond motifs is 12. The molecule has 2 saturated carbocycles. The molecule has 2 heteroatoms. The van der Waals surface area contributed by atoms with E-state index in [9.17, 15) is 0 Å². The maximum atomic E-state index is 3.05. The van der Waals surface area contributed by atoms with E-state index in [4.69, 9.17) is 0 Å². The van der Waals surface area contributed by atoms with Crippen LogP contribution in [0.5, 0.6) is 0 Å². The normalized spacial score (nSPS) is 23.4. The summed E-state index contributed by atoms with van der Waals surface area (Å²) in [5.74, 6) is 2.71. The molecule has 0 amide bonds. The van der Waals surface area contributed by atoms with E-state index in [1.807, 2.05) is 0 Å². The highest BCUT2D eigenvalue weighted by atomic mass is 15.3. The molecule has 1 spiro atoms. The van der Waals surface area contributed by atoms with Gasteiger partial charge >= 0.3 is 0 Å². The van der Waals surface area contributed by atoms with Crippen molar-refractivity contribution < 1.29 is 4.58 Å². The van der Waals surface area contributed by atoms with E-state index in [1.165, 1.54) is 108 Å². The Bertz CT molecular complexity index is 2330. The number of allylic oxidation sites excluding steroid dienone is 2. The van der Waals surface area contributed by atoms with E-state index in [0.717, 1.165) is 19.5 Å². The Morgan fingerprint density at radius 2 is 1.40 bits per heavy atom. The predicted octanol–water partition coefficient (Wildman–Crippen LogP) is 13.0. The van der Waals surface area contributed by atoms with Gasteiger partial charge in [-0.2, -0.15) is 0 Å². The second kappa shape index (κ2) is 12.7. The fourth-order valence-corrected chi connectivity index (χ4v) is 13.4. The molecule has 2 fully saturated rings. The van der Waals surface area contributed by atoms with Crippen molar-refractivity contribution in [2.75, 3.05) is 13.1 Å². The summed E-state index contributed by atoms with van der Waals surface area (Å²) in [5, 5.41) is 3.02. The van der Waals surface area contributed by atoms with E-state index < -0.39 is 0 Å². The number of rotatable bonds is 4. The maximum Gasteiger partial charge on any atom is 0.249 e. The molecule has 10 rings (SSSR count). The van der Waals surface area contributed by atoms with Crippen LogP contribution in [0.4, 0.5) is 0 Å². The van der Waals surface area contributed by atoms with Gasteiger partial charge in [0.2, 0.25) is 5.84 Å². The van der Waals surface area contributed by atoms with Crippen molar-refractivity contribution in [1.29, 1.82) is 0 Å². The Hall–Kier alpha value is -3.65. The summed E-state index contributed by atoms with van der Waals surface area (Å²) in [7, 11) is 0. The molecule has 1 unspecified atom stereocenters. The molecule has 55 heavy (non-hydrogen) atoms. The fraction of sp³-hybridized carbons (Fsp3) is 0.528. The second-order valence-electron chi connectivity index (χ2n) is 20.2. The molecule has 4 aromatic carbocycles. The quantitative estimate of drug-likeness (QED) is 0.190. The van der Waals surface area contributed by atoms with E-state index in [0.29, 0.717) is 23.9 Å². The Labute approximate surface area is 332 Å². The average Bonchev–Trinajstić information content (AvgIpc) is 3.75. The van der Waals surface area contributed by atoms with Crippen LogP contribution in [0.2, 0.25) is 0 Å². The summed E-state index contributed by atoms with van der Waals surface area (Å²) in [4.78, 5) is 3.05. The van der Waals surface area contributed by atoms with E-state index >= 15 is 0 Å². The predicted molar refractivity (Wildman–Crippen MR) is 234 cm³/mol. The molecule has 2 nitrogen and oxygen atoms in total. The molecule has 0 radical (unpaired) electrons. The Kier molecular flexibility index (Phi) is 8.24. The summed E-state index contributed by atoms with van der Waals surface area (Å²) < 4.78 is 3.05. The van der Waals surface area contributed by atoms with Crippen molar-refractivity contribution in [3.8, 4) is 11.1 Å². The minimum Gasteiger partial charge on any atom is -0.261 e. The van der Waals surface area contributed by atoms with Gasteiger partial charge < -0.3 is 0 Å². The number of aryl methyl sites for hydroxylation is 3. The Morgan fingerprint density at radius 3 is 2.11 bits per heavy atom. The first kappa shape index (κ1) is 35.7. The zero-order valence-corrected chi connectivity index (χ0v) is 35.5. The van der Waals surface area contributed by atoms with Crippen LogP contribution >= 0.6 is 0 Å². The molecule has 0 aromatic heterocycles. The van der Waals surface area contributed by atoms with Crippen LogP contribution in [0.1, 0.15) is 167 Å². The van der Waals surface area contributed by atoms with Crippen LogP contribution in [0.3, 0.4) is 0 Å². The van der Waals surface area contributed by atoms with Crippen molar-refractivity contribution in [1.82, 2.24) is 4.90 Å². The number of hydrogen-bond acceptors (Lipinski definition) is 1. The minimum atomic E-state index is -0.108. The average molecular weight is 730 g/mol. The Morgan fingerprint density at radius 1 is 0.709 bits per heavy atom. The summed E-state index contributed by atoms with van der Waals surface area (Å²) >= 11 is 0. The van der Waals surface area contributed by atoms with Gasteiger partial charge in [-0.3, -0.25) is 9.48 Å². The van der Waals surface area contributed by atoms with Gasteiger partial charge in [0, 0.05) is 5.41 Å². The first-order valence-electron chi connectivity index (χ1n) is 22.4. The van der Waals surface area contributed by atoms with Gasteiger partial charge in [0.1, 0.15) is 13.1 Å². The molecule has 0 N–H and O–H groups in total. The molecule has 1 aliphatic heterocycles. The van der Waals surface area contributed by atoms with Crippen molar-refractivity contribution in [3.05, 3.63) is 104 Å². The number of amidine groups is 1. The van der Waals surface area contributed by atoms with Gasteiger partial charge in [-0.05, 0) is 168 Å². The highest BCUT2D eigenvalue weighted by Gasteiger charge is 2.57. The molecule has 6 aliphatic rings. The standard InChI is InChI=1S/C53H65N2/c1-31(2)36-20-21-37-28-43-47-44(52(8,9)49(43)40(37)27-36)22-23-45-48(47)42-26-35(7)46-34(6)24-33(5)25-41(46)50(42)53(45)29-54(38-16-12-10-13-17-38)51(32(3)4)55(30-53)39-18-14-11-15-19-39/h20-27,31-32,38-39H,10-19,28-30H2,1-9H3/q+1. The van der Waals surface area contributed by atoms with Crippen LogP contribution in [0, 0.1) is 26.7 Å². The van der Waals surface area contributed by atoms with Crippen LogP contribution in [-0.4, -0.2) is 40.5 Å². The molecular formula is C53H65N2+. The lowest BCUT2D eigenvalue weighted by atomic mass is 9.71. The lowest BCUT2D eigenvalue weighted by Gasteiger charge is -2.46. The maximum absolute atomic E-state index is 3.05. The Balaban J connectivity index is 1.29. The van der Waals surface area contributed by atoms with Crippen LogP contribution in [-0.2, 0) is 17.3 Å². The molecular weight excluding hydrogens is 665 g/mol. The highest BCUT2D eigenvalue weighted by Crippen LogP contribution is 2.64. The minimum absolute atomic E-state index is 0.0387. The van der Waals surface area contributed by atoms with E-state index in [2.05, 4.69) is 120 Å². The smallest absolute Gasteiger partial charge is 0.249 e. The number of benzene rings is 4. The van der Waals surface area contributed by atoms with Crippen molar-refractivity contribution >= 4 is 27.8 Å². The molecule has 1 atom stereocenters. The lowest BCUT2D eigenvalue weighted by Crippen LogP contribution is -2.62. The highest BCUT2D eigenvalue weighted by molar-refractivity contribution is 6.12. The third-order valence-electron chi connectivity index (χ3n) is 15.6. The second-order valence-corrected chi connectivity index (χ2v) is 20.2. The van der Waals surface area contributed by atoms with E-state index in [-0.39, 0.29) is 10.8 Å². The monoisotopic (exact) mass is 730 g/mol. The zero-order valence-electron chi connectivity index (χ0n) is 35.5. The summed E-state index contributed by atoms with van der Waals surface area (Å²) in [6.07, 6.45) is 14.7. The summed E-state index contributed by atoms with van der Waals surface area (Å²) in [6, 6.07) is 21.7. The van der Waals surface area contributed by atoms with Gasteiger partial charge in [0.05, 0.1) is 23.4 Å². The number of hydrogen-bond donors (Lipinski definition) is 0. The zero-order chi connectivity index (χ0) is 38.1. The van der Waals surface area contributed by atoms with Gasteiger partial charge in [-0.25, -0.2) is 0 Å². The van der Waals surface area contributed by atoms with Crippen molar-refractivity contribution in [3.63, 3.8) is 0 Å². The summed E-state index contributed by atoms with van der Waals surface area (Å²) in [5.41, 5.74) is 21.4. The van der Waals surface area contributed by atoms with E-state index in [1.54, 1.807) is 50.4 Å². The third kappa shape index (κ3) is 5.07. The SMILES string of the molecule is Cc1cc(C)c2c(C)cc3c(c2c1)C1(CN(C2CCCCC2)C(C(C)C)=[N+](C2CCCCC2)C1)c1ccc2c(c1-3)C1=C(c3cc(C(C)C)ccc3C1)C2(C)C. The summed E-state index contributed by atoms with van der Waals surface area (Å²) in [6.45, 7) is 24.1. The van der Waals surface area contributed by atoms with Crippen LogP contribution in [0.25, 0.3) is 33.0 Å². The molecule has 0 saturated heterocycles. The number of nitrogens with zero attached hydrogens (tertiary/aromatic N) is 2. The van der Waals surface area contributed by atoms with Crippen molar-refractivity contribution in [2.24, 2.45) is 5.92 Å². The van der Waals surface area contributed by atoms with Gasteiger partial charge in [-0.15, -0.1) is 0 Å². The van der Waals surface area contributed by atoms with Gasteiger partial charge in [0.15, 0.2) is 0 Å². The van der Waals surface area contributed by atoms with Gasteiger partial charge in [0.25, 0.3) is 0 Å². The molecule has 286 valence electrons. The first-order chi connectivity index (χ1) is 26.4. The van der Waals surface area contributed by atoms with Crippen LogP contribution in [0.15, 0.2) is 48.5 Å². The first-order valence-corrected chi connectivity index (χ1v) is 22.4. The van der Waals surface area contributed by atoms with Crippen molar-refractivity contribution in [2.45, 2.75) is 162 Å².